The molecule has 0 unspecified atom stereocenters. The maximum absolute atomic E-state index is 4.39. The summed E-state index contributed by atoms with van der Waals surface area (Å²) >= 11 is 1.40. The van der Waals surface area contributed by atoms with Crippen LogP contribution < -0.4 is 5.32 Å². The number of nitrogens with zero attached hydrogens (tertiary/aromatic N) is 4. The third-order valence-corrected chi connectivity index (χ3v) is 2.92. The Kier molecular flexibility index (Phi) is 1.95. The molecule has 3 rings (SSSR count). The van der Waals surface area contributed by atoms with Crippen molar-refractivity contribution in [2.24, 2.45) is 7.05 Å². The summed E-state index contributed by atoms with van der Waals surface area (Å²) in [7, 11) is 1.89. The van der Waals surface area contributed by atoms with Gasteiger partial charge in [-0.3, -0.25) is 4.68 Å². The van der Waals surface area contributed by atoms with E-state index in [0.717, 1.165) is 10.8 Å². The molecule has 0 bridgehead atoms. The number of aromatic nitrogens is 4. The highest BCUT2D eigenvalue weighted by molar-refractivity contribution is 7.09. The van der Waals surface area contributed by atoms with Crippen molar-refractivity contribution in [1.82, 2.24) is 19.1 Å². The van der Waals surface area contributed by atoms with Crippen molar-refractivity contribution in [1.29, 1.82) is 0 Å². The molecule has 1 aliphatic carbocycles. The maximum Gasteiger partial charge on any atom is 0.203 e. The second kappa shape index (κ2) is 3.30. The third-order valence-electron chi connectivity index (χ3n) is 2.27. The summed E-state index contributed by atoms with van der Waals surface area (Å²) in [5.74, 6) is 0.712. The van der Waals surface area contributed by atoms with Crippen molar-refractivity contribution < 1.29 is 0 Å². The smallest absolute Gasteiger partial charge is 0.203 e. The maximum atomic E-state index is 4.39. The second-order valence-electron chi connectivity index (χ2n) is 3.72. The number of aryl methyl sites for hydroxylation is 1. The summed E-state index contributed by atoms with van der Waals surface area (Å²) in [4.78, 5) is 4.39. The van der Waals surface area contributed by atoms with Crippen molar-refractivity contribution in [2.75, 3.05) is 5.32 Å². The summed E-state index contributed by atoms with van der Waals surface area (Å²) in [6.07, 6.45) is 4.39. The van der Waals surface area contributed by atoms with Crippen molar-refractivity contribution >= 4 is 16.7 Å². The highest BCUT2D eigenvalue weighted by atomic mass is 32.1. The molecule has 0 aromatic carbocycles. The number of hydrogen-bond acceptors (Lipinski definition) is 5. The van der Waals surface area contributed by atoms with Gasteiger partial charge in [-0.2, -0.15) is 14.5 Å². The molecule has 0 radical (unpaired) electrons. The Morgan fingerprint density at radius 1 is 1.53 bits per heavy atom. The number of hydrogen-bond donors (Lipinski definition) is 1. The predicted octanol–water partition coefficient (Wildman–Crippen LogP) is 1.51. The Hall–Kier alpha value is -1.43. The molecule has 2 aromatic rings. The highest BCUT2D eigenvalue weighted by Crippen LogP contribution is 2.27. The molecule has 2 heterocycles. The van der Waals surface area contributed by atoms with Crippen LogP contribution in [0.25, 0.3) is 11.5 Å². The van der Waals surface area contributed by atoms with E-state index in [4.69, 9.17) is 0 Å². The lowest BCUT2D eigenvalue weighted by Crippen LogP contribution is -1.99. The Labute approximate surface area is 91.3 Å². The van der Waals surface area contributed by atoms with Crippen LogP contribution in [0.3, 0.4) is 0 Å². The first kappa shape index (κ1) is 8.84. The standard InChI is InChI=1S/C9H11N5S/c1-14-5-4-7(12-14)8-11-9(15-13-8)10-6-2-3-6/h4-6H,2-3H2,1H3,(H,10,11,13). The van der Waals surface area contributed by atoms with Gasteiger partial charge < -0.3 is 5.32 Å². The lowest BCUT2D eigenvalue weighted by atomic mass is 10.4. The van der Waals surface area contributed by atoms with E-state index >= 15 is 0 Å². The molecule has 0 aliphatic heterocycles. The third kappa shape index (κ3) is 1.85. The lowest BCUT2D eigenvalue weighted by molar-refractivity contribution is 0.769. The van der Waals surface area contributed by atoms with Gasteiger partial charge in [-0.25, -0.2) is 0 Å². The van der Waals surface area contributed by atoms with Gasteiger partial charge in [-0.1, -0.05) is 0 Å². The van der Waals surface area contributed by atoms with Crippen LogP contribution in [0.15, 0.2) is 12.3 Å². The van der Waals surface area contributed by atoms with Crippen LogP contribution in [0.1, 0.15) is 12.8 Å². The Morgan fingerprint density at radius 3 is 3.07 bits per heavy atom. The minimum absolute atomic E-state index is 0.620. The van der Waals surface area contributed by atoms with Crippen LogP contribution in [0.2, 0.25) is 0 Å². The Bertz CT molecular complexity index is 470. The van der Waals surface area contributed by atoms with Gasteiger partial charge >= 0.3 is 0 Å². The zero-order valence-corrected chi connectivity index (χ0v) is 9.16. The summed E-state index contributed by atoms with van der Waals surface area (Å²) in [6.45, 7) is 0. The molecule has 0 amide bonds. The Balaban J connectivity index is 1.82. The summed E-state index contributed by atoms with van der Waals surface area (Å²) in [5, 5.41) is 8.48. The van der Waals surface area contributed by atoms with Crippen molar-refractivity contribution in [3.63, 3.8) is 0 Å². The van der Waals surface area contributed by atoms with E-state index in [1.165, 1.54) is 24.4 Å². The zero-order valence-electron chi connectivity index (χ0n) is 8.34. The first-order chi connectivity index (χ1) is 7.31. The fraction of sp³-hybridized carbons (Fsp3) is 0.444. The van der Waals surface area contributed by atoms with Gasteiger partial charge in [0, 0.05) is 30.8 Å². The fourth-order valence-electron chi connectivity index (χ4n) is 1.32. The van der Waals surface area contributed by atoms with Crippen molar-refractivity contribution in [3.05, 3.63) is 12.3 Å². The number of anilines is 1. The first-order valence-corrected chi connectivity index (χ1v) is 5.69. The molecule has 1 fully saturated rings. The molecule has 5 nitrogen and oxygen atoms in total. The van der Waals surface area contributed by atoms with Gasteiger partial charge in [-0.05, 0) is 18.9 Å². The molecule has 15 heavy (non-hydrogen) atoms. The molecule has 78 valence electrons. The van der Waals surface area contributed by atoms with Crippen molar-refractivity contribution in [2.45, 2.75) is 18.9 Å². The van der Waals surface area contributed by atoms with Crippen LogP contribution in [0.5, 0.6) is 0 Å². The molecule has 0 spiro atoms. The quantitative estimate of drug-likeness (QED) is 0.853. The van der Waals surface area contributed by atoms with Crippen LogP contribution >= 0.6 is 11.5 Å². The zero-order chi connectivity index (χ0) is 10.3. The van der Waals surface area contributed by atoms with E-state index in [1.807, 2.05) is 19.3 Å². The average Bonchev–Trinajstić information content (AvgIpc) is 2.74. The lowest BCUT2D eigenvalue weighted by Gasteiger charge is -1.94. The van der Waals surface area contributed by atoms with E-state index in [0.29, 0.717) is 11.9 Å². The van der Waals surface area contributed by atoms with Gasteiger partial charge in [0.25, 0.3) is 0 Å². The Morgan fingerprint density at radius 2 is 2.40 bits per heavy atom. The van der Waals surface area contributed by atoms with Gasteiger partial charge in [0.15, 0.2) is 5.82 Å². The molecular formula is C9H11N5S. The van der Waals surface area contributed by atoms with E-state index in [-0.39, 0.29) is 0 Å². The molecule has 1 N–H and O–H groups in total. The van der Waals surface area contributed by atoms with E-state index in [2.05, 4.69) is 19.8 Å². The number of nitrogens with one attached hydrogen (secondary N) is 1. The molecule has 1 saturated carbocycles. The van der Waals surface area contributed by atoms with Crippen LogP contribution in [-0.2, 0) is 7.05 Å². The largest absolute Gasteiger partial charge is 0.358 e. The van der Waals surface area contributed by atoms with Gasteiger partial charge in [0.1, 0.15) is 5.69 Å². The monoisotopic (exact) mass is 221 g/mol. The molecule has 6 heteroatoms. The molecule has 2 aromatic heterocycles. The minimum atomic E-state index is 0.620. The van der Waals surface area contributed by atoms with Crippen LogP contribution in [0, 0.1) is 0 Å². The first-order valence-electron chi connectivity index (χ1n) is 4.91. The number of rotatable bonds is 3. The second-order valence-corrected chi connectivity index (χ2v) is 4.47. The van der Waals surface area contributed by atoms with E-state index < -0.39 is 0 Å². The highest BCUT2D eigenvalue weighted by Gasteiger charge is 2.22. The molecule has 0 atom stereocenters. The summed E-state index contributed by atoms with van der Waals surface area (Å²) in [6, 6.07) is 2.54. The molecular weight excluding hydrogens is 210 g/mol. The topological polar surface area (TPSA) is 55.6 Å². The SMILES string of the molecule is Cn1ccc(-c2nsc(NC3CC3)n2)n1. The molecule has 1 aliphatic rings. The van der Waals surface area contributed by atoms with Gasteiger partial charge in [-0.15, -0.1) is 0 Å². The average molecular weight is 221 g/mol. The van der Waals surface area contributed by atoms with Gasteiger partial charge in [0.2, 0.25) is 5.13 Å². The van der Waals surface area contributed by atoms with E-state index in [9.17, 15) is 0 Å². The normalized spacial score (nSPS) is 15.5. The summed E-state index contributed by atoms with van der Waals surface area (Å²) < 4.78 is 6.03. The van der Waals surface area contributed by atoms with E-state index in [1.54, 1.807) is 4.68 Å². The van der Waals surface area contributed by atoms with Gasteiger partial charge in [0.05, 0.1) is 0 Å². The summed E-state index contributed by atoms with van der Waals surface area (Å²) in [5.41, 5.74) is 0.831. The van der Waals surface area contributed by atoms with Crippen molar-refractivity contribution in [3.8, 4) is 11.5 Å². The fourth-order valence-corrected chi connectivity index (χ4v) is 1.98. The predicted molar refractivity (Wildman–Crippen MR) is 58.8 cm³/mol. The minimum Gasteiger partial charge on any atom is -0.358 e. The van der Waals surface area contributed by atoms with Crippen LogP contribution in [0.4, 0.5) is 5.13 Å². The molecule has 0 saturated heterocycles. The van der Waals surface area contributed by atoms with Crippen LogP contribution in [-0.4, -0.2) is 25.2 Å².